The van der Waals surface area contributed by atoms with Crippen LogP contribution in [0.3, 0.4) is 0 Å². The second-order valence-electron chi connectivity index (χ2n) is 4.80. The average Bonchev–Trinajstić information content (AvgIpc) is 2.85. The van der Waals surface area contributed by atoms with E-state index in [9.17, 15) is 14.4 Å². The van der Waals surface area contributed by atoms with E-state index in [1.54, 1.807) is 12.1 Å². The molecule has 0 N–H and O–H groups in total. The molecule has 1 aromatic carbocycles. The van der Waals surface area contributed by atoms with Crippen LogP contribution in [0.25, 0.3) is 0 Å². The highest BCUT2D eigenvalue weighted by atomic mass is 32.2. The van der Waals surface area contributed by atoms with Crippen molar-refractivity contribution in [1.29, 1.82) is 0 Å². The fourth-order valence-electron chi connectivity index (χ4n) is 2.04. The first-order valence-corrected chi connectivity index (χ1v) is 7.63. The number of benzene rings is 1. The molecule has 1 aliphatic heterocycles. The molecule has 0 aromatic heterocycles. The first-order chi connectivity index (χ1) is 9.58. The molecule has 0 atom stereocenters. The number of nitrogens with zero attached hydrogens (tertiary/aromatic N) is 1. The molecule has 0 radical (unpaired) electrons. The lowest BCUT2D eigenvalue weighted by atomic mass is 10.0. The lowest BCUT2D eigenvalue weighted by Gasteiger charge is -2.11. The summed E-state index contributed by atoms with van der Waals surface area (Å²) in [6, 6.07) is 7.41. The maximum Gasteiger partial charge on any atom is 0.288 e. The number of rotatable bonds is 5. The van der Waals surface area contributed by atoms with Crippen LogP contribution in [-0.2, 0) is 4.79 Å². The Kier molecular flexibility index (Phi) is 4.95. The van der Waals surface area contributed by atoms with Crippen LogP contribution in [0.2, 0.25) is 0 Å². The predicted octanol–water partition coefficient (Wildman–Crippen LogP) is 3.04. The molecule has 1 fully saturated rings. The van der Waals surface area contributed by atoms with Gasteiger partial charge < -0.3 is 0 Å². The van der Waals surface area contributed by atoms with Gasteiger partial charge in [0, 0.05) is 30.7 Å². The molecular formula is C15H17NO3S. The Morgan fingerprint density at radius 2 is 1.90 bits per heavy atom. The van der Waals surface area contributed by atoms with Gasteiger partial charge in [-0.05, 0) is 13.3 Å². The molecule has 0 aliphatic carbocycles. The predicted molar refractivity (Wildman–Crippen MR) is 78.9 cm³/mol. The van der Waals surface area contributed by atoms with Crippen LogP contribution in [0.15, 0.2) is 24.3 Å². The number of carbonyl (C=O) groups is 3. The highest BCUT2D eigenvalue weighted by molar-refractivity contribution is 8.13. The Balaban J connectivity index is 1.78. The van der Waals surface area contributed by atoms with Gasteiger partial charge in [0.15, 0.2) is 5.78 Å². The Hall–Kier alpha value is -1.62. The number of hydrogen-bond donors (Lipinski definition) is 0. The molecule has 2 rings (SSSR count). The first kappa shape index (κ1) is 14.8. The van der Waals surface area contributed by atoms with Gasteiger partial charge in [-0.1, -0.05) is 41.6 Å². The molecule has 0 bridgehead atoms. The van der Waals surface area contributed by atoms with E-state index >= 15 is 0 Å². The Labute approximate surface area is 122 Å². The third-order valence-corrected chi connectivity index (χ3v) is 4.08. The fourth-order valence-corrected chi connectivity index (χ4v) is 2.84. The van der Waals surface area contributed by atoms with Crippen LogP contribution in [-0.4, -0.2) is 34.1 Å². The second-order valence-corrected chi connectivity index (χ2v) is 5.85. The van der Waals surface area contributed by atoms with E-state index in [0.29, 0.717) is 30.7 Å². The Bertz CT molecular complexity index is 524. The summed E-state index contributed by atoms with van der Waals surface area (Å²) in [5.41, 5.74) is 1.79. The van der Waals surface area contributed by atoms with E-state index in [-0.39, 0.29) is 23.4 Å². The maximum absolute atomic E-state index is 11.9. The summed E-state index contributed by atoms with van der Waals surface area (Å²) in [5.74, 6) is 0.545. The molecule has 5 heteroatoms. The van der Waals surface area contributed by atoms with Crippen molar-refractivity contribution >= 4 is 28.7 Å². The monoisotopic (exact) mass is 291 g/mol. The number of imide groups is 1. The molecule has 4 nitrogen and oxygen atoms in total. The smallest absolute Gasteiger partial charge is 0.288 e. The zero-order valence-corrected chi connectivity index (χ0v) is 12.2. The molecule has 0 unspecified atom stereocenters. The van der Waals surface area contributed by atoms with Crippen molar-refractivity contribution in [1.82, 2.24) is 4.90 Å². The van der Waals surface area contributed by atoms with E-state index in [1.165, 1.54) is 16.7 Å². The van der Waals surface area contributed by atoms with E-state index in [4.69, 9.17) is 0 Å². The molecule has 1 aromatic rings. The van der Waals surface area contributed by atoms with Crippen molar-refractivity contribution in [3.8, 4) is 0 Å². The van der Waals surface area contributed by atoms with E-state index in [1.807, 2.05) is 19.1 Å². The Morgan fingerprint density at radius 1 is 1.20 bits per heavy atom. The van der Waals surface area contributed by atoms with E-state index in [0.717, 1.165) is 5.56 Å². The molecule has 0 spiro atoms. The topological polar surface area (TPSA) is 54.5 Å². The Morgan fingerprint density at radius 3 is 2.50 bits per heavy atom. The summed E-state index contributed by atoms with van der Waals surface area (Å²) in [5, 5.41) is -0.167. The van der Waals surface area contributed by atoms with Crippen molar-refractivity contribution in [3.63, 3.8) is 0 Å². The van der Waals surface area contributed by atoms with Gasteiger partial charge in [0.1, 0.15) is 0 Å². The van der Waals surface area contributed by atoms with Crippen LogP contribution < -0.4 is 0 Å². The number of ketones is 1. The zero-order valence-electron chi connectivity index (χ0n) is 11.4. The number of thioether (sulfide) groups is 1. The quantitative estimate of drug-likeness (QED) is 0.782. The van der Waals surface area contributed by atoms with Crippen LogP contribution in [0.4, 0.5) is 4.79 Å². The largest absolute Gasteiger partial charge is 0.294 e. The van der Waals surface area contributed by atoms with Crippen LogP contribution in [0.1, 0.15) is 35.2 Å². The van der Waals surface area contributed by atoms with E-state index < -0.39 is 0 Å². The van der Waals surface area contributed by atoms with Crippen LogP contribution >= 0.6 is 11.8 Å². The van der Waals surface area contributed by atoms with Gasteiger partial charge in [-0.25, -0.2) is 0 Å². The van der Waals surface area contributed by atoms with Gasteiger partial charge in [0.05, 0.1) is 0 Å². The minimum atomic E-state index is -0.170. The minimum Gasteiger partial charge on any atom is -0.294 e. The third kappa shape index (κ3) is 3.70. The van der Waals surface area contributed by atoms with Crippen molar-refractivity contribution < 1.29 is 14.4 Å². The van der Waals surface area contributed by atoms with Crippen molar-refractivity contribution in [3.05, 3.63) is 35.4 Å². The highest BCUT2D eigenvalue weighted by Crippen LogP contribution is 2.19. The van der Waals surface area contributed by atoms with Gasteiger partial charge >= 0.3 is 0 Å². The lowest BCUT2D eigenvalue weighted by molar-refractivity contribution is -0.127. The van der Waals surface area contributed by atoms with Gasteiger partial charge in [0.25, 0.3) is 5.24 Å². The summed E-state index contributed by atoms with van der Waals surface area (Å²) in [6.45, 7) is 2.46. The molecule has 1 aliphatic rings. The zero-order chi connectivity index (χ0) is 14.5. The van der Waals surface area contributed by atoms with Gasteiger partial charge in [-0.3, -0.25) is 19.3 Å². The number of hydrogen-bond acceptors (Lipinski definition) is 4. The molecule has 106 valence electrons. The average molecular weight is 291 g/mol. The first-order valence-electron chi connectivity index (χ1n) is 6.65. The molecule has 2 amide bonds. The fraction of sp³-hybridized carbons (Fsp3) is 0.400. The van der Waals surface area contributed by atoms with Crippen molar-refractivity contribution in [2.75, 3.05) is 12.3 Å². The van der Waals surface area contributed by atoms with Gasteiger partial charge in [0.2, 0.25) is 5.91 Å². The molecule has 0 saturated carbocycles. The number of Topliss-reactive ketones (excluding diaryl/α,β-unsaturated/α-hetero) is 1. The summed E-state index contributed by atoms with van der Waals surface area (Å²) >= 11 is 1.17. The molecule has 1 heterocycles. The summed E-state index contributed by atoms with van der Waals surface area (Å²) in [6.07, 6.45) is 1.08. The maximum atomic E-state index is 11.9. The normalized spacial score (nSPS) is 14.7. The SMILES string of the molecule is Cc1ccc(C(=O)CCCC(=O)N2CCSC2=O)cc1. The third-order valence-electron chi connectivity index (χ3n) is 3.23. The molecular weight excluding hydrogens is 274 g/mol. The molecule has 1 saturated heterocycles. The van der Waals surface area contributed by atoms with Crippen molar-refractivity contribution in [2.45, 2.75) is 26.2 Å². The summed E-state index contributed by atoms with van der Waals surface area (Å²) < 4.78 is 0. The molecule has 20 heavy (non-hydrogen) atoms. The second kappa shape index (κ2) is 6.70. The summed E-state index contributed by atoms with van der Waals surface area (Å²) in [4.78, 5) is 36.4. The van der Waals surface area contributed by atoms with Gasteiger partial charge in [-0.15, -0.1) is 0 Å². The number of aryl methyl sites for hydroxylation is 1. The van der Waals surface area contributed by atoms with E-state index in [2.05, 4.69) is 0 Å². The minimum absolute atomic E-state index is 0.0416. The number of amides is 2. The van der Waals surface area contributed by atoms with Crippen molar-refractivity contribution in [2.24, 2.45) is 0 Å². The highest BCUT2D eigenvalue weighted by Gasteiger charge is 2.26. The van der Waals surface area contributed by atoms with Crippen LogP contribution in [0, 0.1) is 6.92 Å². The standard InChI is InChI=1S/C15H17NO3S/c1-11-5-7-12(8-6-11)13(17)3-2-4-14(18)16-9-10-20-15(16)19/h5-8H,2-4,9-10H2,1H3. The van der Waals surface area contributed by atoms with Gasteiger partial charge in [-0.2, -0.15) is 0 Å². The lowest BCUT2D eigenvalue weighted by Crippen LogP contribution is -2.30. The summed E-state index contributed by atoms with van der Waals surface area (Å²) in [7, 11) is 0. The van der Waals surface area contributed by atoms with Crippen LogP contribution in [0.5, 0.6) is 0 Å². The number of carbonyl (C=O) groups excluding carboxylic acids is 3.